The van der Waals surface area contributed by atoms with Crippen LogP contribution < -0.4 is 11.1 Å². The van der Waals surface area contributed by atoms with Crippen LogP contribution in [0, 0.1) is 11.2 Å². The molecule has 1 aliphatic rings. The van der Waals surface area contributed by atoms with Crippen molar-refractivity contribution in [2.75, 3.05) is 5.32 Å². The summed E-state index contributed by atoms with van der Waals surface area (Å²) >= 11 is 5.74. The van der Waals surface area contributed by atoms with Crippen molar-refractivity contribution in [1.82, 2.24) is 0 Å². The number of carbonyl (C=O) groups is 1. The Morgan fingerprint density at radius 1 is 1.56 bits per heavy atom. The fourth-order valence-corrected chi connectivity index (χ4v) is 2.60. The van der Waals surface area contributed by atoms with Crippen LogP contribution in [0.3, 0.4) is 0 Å². The minimum absolute atomic E-state index is 0.151. The lowest BCUT2D eigenvalue weighted by Gasteiger charge is -2.27. The van der Waals surface area contributed by atoms with Gasteiger partial charge in [-0.3, -0.25) is 4.79 Å². The third kappa shape index (κ3) is 2.49. The van der Waals surface area contributed by atoms with Gasteiger partial charge in [0, 0.05) is 16.8 Å². The number of rotatable bonds is 2. The summed E-state index contributed by atoms with van der Waals surface area (Å²) in [6.07, 6.45) is 2.53. The van der Waals surface area contributed by atoms with E-state index in [1.807, 2.05) is 6.92 Å². The number of hydrogen-bond donors (Lipinski definition) is 2. The van der Waals surface area contributed by atoms with Crippen LogP contribution in [-0.4, -0.2) is 11.9 Å². The van der Waals surface area contributed by atoms with Gasteiger partial charge in [-0.15, -0.1) is 0 Å². The number of carbonyl (C=O) groups excluding carboxylic acids is 1. The van der Waals surface area contributed by atoms with Crippen molar-refractivity contribution >= 4 is 23.2 Å². The van der Waals surface area contributed by atoms with Gasteiger partial charge >= 0.3 is 0 Å². The molecule has 0 saturated heterocycles. The highest BCUT2D eigenvalue weighted by atomic mass is 35.5. The van der Waals surface area contributed by atoms with Gasteiger partial charge in [0.2, 0.25) is 5.91 Å². The van der Waals surface area contributed by atoms with E-state index in [9.17, 15) is 9.18 Å². The third-order valence-electron chi connectivity index (χ3n) is 3.67. The van der Waals surface area contributed by atoms with E-state index in [1.54, 1.807) is 0 Å². The molecule has 1 aliphatic carbocycles. The Balaban J connectivity index is 2.16. The van der Waals surface area contributed by atoms with Crippen LogP contribution in [0.2, 0.25) is 5.02 Å². The number of hydrogen-bond acceptors (Lipinski definition) is 2. The molecule has 3 N–H and O–H groups in total. The van der Waals surface area contributed by atoms with Gasteiger partial charge in [0.15, 0.2) is 0 Å². The lowest BCUT2D eigenvalue weighted by molar-refractivity contribution is -0.125. The maximum atomic E-state index is 13.2. The molecular formula is C13H16ClFN2O. The number of nitrogens with one attached hydrogen (secondary N) is 1. The summed E-state index contributed by atoms with van der Waals surface area (Å²) in [4.78, 5) is 12.2. The van der Waals surface area contributed by atoms with E-state index in [-0.39, 0.29) is 17.0 Å². The summed E-state index contributed by atoms with van der Waals surface area (Å²) < 4.78 is 13.2. The second kappa shape index (κ2) is 4.86. The SMILES string of the molecule is CC1(C(=O)Nc2cc(F)cc(Cl)c2)CCCC1N. The van der Waals surface area contributed by atoms with Gasteiger partial charge < -0.3 is 11.1 Å². The van der Waals surface area contributed by atoms with Gasteiger partial charge in [-0.2, -0.15) is 0 Å². The van der Waals surface area contributed by atoms with E-state index in [2.05, 4.69) is 5.32 Å². The van der Waals surface area contributed by atoms with Crippen molar-refractivity contribution in [2.24, 2.45) is 11.1 Å². The highest BCUT2D eigenvalue weighted by Crippen LogP contribution is 2.37. The summed E-state index contributed by atoms with van der Waals surface area (Å²) in [5, 5.41) is 2.95. The molecule has 0 aromatic heterocycles. The average Bonchev–Trinajstić information content (AvgIpc) is 2.59. The topological polar surface area (TPSA) is 55.1 Å². The van der Waals surface area contributed by atoms with Crippen LogP contribution in [0.5, 0.6) is 0 Å². The summed E-state index contributed by atoms with van der Waals surface area (Å²) in [5.41, 5.74) is 5.75. The molecule has 2 rings (SSSR count). The zero-order chi connectivity index (χ0) is 13.3. The molecule has 0 heterocycles. The van der Waals surface area contributed by atoms with Crippen molar-refractivity contribution < 1.29 is 9.18 Å². The first-order chi connectivity index (χ1) is 8.41. The normalized spacial score (nSPS) is 27.2. The first-order valence-electron chi connectivity index (χ1n) is 5.95. The van der Waals surface area contributed by atoms with E-state index < -0.39 is 11.2 Å². The fourth-order valence-electron chi connectivity index (χ4n) is 2.37. The van der Waals surface area contributed by atoms with E-state index >= 15 is 0 Å². The van der Waals surface area contributed by atoms with E-state index in [4.69, 9.17) is 17.3 Å². The molecule has 2 atom stereocenters. The smallest absolute Gasteiger partial charge is 0.231 e. The second-order valence-electron chi connectivity index (χ2n) is 5.03. The molecule has 0 bridgehead atoms. The van der Waals surface area contributed by atoms with Crippen LogP contribution in [0.1, 0.15) is 26.2 Å². The van der Waals surface area contributed by atoms with Crippen molar-refractivity contribution in [3.63, 3.8) is 0 Å². The van der Waals surface area contributed by atoms with Crippen LogP contribution in [0.4, 0.5) is 10.1 Å². The average molecular weight is 271 g/mol. The first kappa shape index (κ1) is 13.3. The molecular weight excluding hydrogens is 255 g/mol. The van der Waals surface area contributed by atoms with Crippen molar-refractivity contribution in [2.45, 2.75) is 32.2 Å². The molecule has 98 valence electrons. The Hall–Kier alpha value is -1.13. The molecule has 0 radical (unpaired) electrons. The van der Waals surface area contributed by atoms with Gasteiger partial charge in [0.05, 0.1) is 5.41 Å². The van der Waals surface area contributed by atoms with Crippen LogP contribution in [0.15, 0.2) is 18.2 Å². The van der Waals surface area contributed by atoms with Gasteiger partial charge in [-0.25, -0.2) is 4.39 Å². The Labute approximate surface area is 111 Å². The third-order valence-corrected chi connectivity index (χ3v) is 3.89. The Bertz CT molecular complexity index is 460. The Morgan fingerprint density at radius 2 is 2.28 bits per heavy atom. The van der Waals surface area contributed by atoms with E-state index in [0.717, 1.165) is 19.3 Å². The van der Waals surface area contributed by atoms with Crippen LogP contribution >= 0.6 is 11.6 Å². The van der Waals surface area contributed by atoms with E-state index in [0.29, 0.717) is 5.69 Å². The fraction of sp³-hybridized carbons (Fsp3) is 0.462. The lowest BCUT2D eigenvalue weighted by Crippen LogP contribution is -2.44. The van der Waals surface area contributed by atoms with Crippen LogP contribution in [-0.2, 0) is 4.79 Å². The number of nitrogens with two attached hydrogens (primary N) is 1. The second-order valence-corrected chi connectivity index (χ2v) is 5.46. The molecule has 1 aromatic carbocycles. The van der Waals surface area contributed by atoms with Gasteiger partial charge in [0.25, 0.3) is 0 Å². The molecule has 2 unspecified atom stereocenters. The largest absolute Gasteiger partial charge is 0.327 e. The van der Waals surface area contributed by atoms with Gasteiger partial charge in [-0.05, 0) is 38.0 Å². The Kier molecular flexibility index (Phi) is 3.59. The molecule has 18 heavy (non-hydrogen) atoms. The quantitative estimate of drug-likeness (QED) is 0.868. The molecule has 1 saturated carbocycles. The Morgan fingerprint density at radius 3 is 2.83 bits per heavy atom. The van der Waals surface area contributed by atoms with Crippen molar-refractivity contribution in [3.8, 4) is 0 Å². The standard InChI is InChI=1S/C13H16ClFN2O/c1-13(4-2-3-11(13)16)12(18)17-10-6-8(14)5-9(15)7-10/h5-7,11H,2-4,16H2,1H3,(H,17,18). The van der Waals surface area contributed by atoms with Crippen molar-refractivity contribution in [1.29, 1.82) is 0 Å². The number of anilines is 1. The number of amides is 1. The molecule has 0 aliphatic heterocycles. The molecule has 1 aromatic rings. The zero-order valence-electron chi connectivity index (χ0n) is 10.2. The highest BCUT2D eigenvalue weighted by Gasteiger charge is 2.42. The summed E-state index contributed by atoms with van der Waals surface area (Å²) in [6, 6.07) is 3.81. The van der Waals surface area contributed by atoms with Gasteiger partial charge in [-0.1, -0.05) is 18.0 Å². The summed E-state index contributed by atoms with van der Waals surface area (Å²) in [7, 11) is 0. The molecule has 1 amide bonds. The maximum Gasteiger partial charge on any atom is 0.231 e. The van der Waals surface area contributed by atoms with E-state index in [1.165, 1.54) is 18.2 Å². The number of benzene rings is 1. The van der Waals surface area contributed by atoms with Crippen molar-refractivity contribution in [3.05, 3.63) is 29.0 Å². The predicted octanol–water partition coefficient (Wildman–Crippen LogP) is 2.94. The zero-order valence-corrected chi connectivity index (χ0v) is 10.9. The van der Waals surface area contributed by atoms with Gasteiger partial charge in [0.1, 0.15) is 5.82 Å². The summed E-state index contributed by atoms with van der Waals surface area (Å²) in [5.74, 6) is -0.646. The predicted molar refractivity (Wildman–Crippen MR) is 70.0 cm³/mol. The molecule has 3 nitrogen and oxygen atoms in total. The molecule has 5 heteroatoms. The summed E-state index contributed by atoms with van der Waals surface area (Å²) in [6.45, 7) is 1.85. The molecule has 1 fully saturated rings. The minimum atomic E-state index is -0.585. The first-order valence-corrected chi connectivity index (χ1v) is 6.33. The minimum Gasteiger partial charge on any atom is -0.327 e. The van der Waals surface area contributed by atoms with Crippen LogP contribution in [0.25, 0.3) is 0 Å². The monoisotopic (exact) mass is 270 g/mol. The lowest BCUT2D eigenvalue weighted by atomic mass is 9.84. The molecule has 0 spiro atoms. The highest BCUT2D eigenvalue weighted by molar-refractivity contribution is 6.30. The number of halogens is 2. The maximum absolute atomic E-state index is 13.2.